The van der Waals surface area contributed by atoms with Gasteiger partial charge >= 0.3 is 7.12 Å². The summed E-state index contributed by atoms with van der Waals surface area (Å²) >= 11 is 0. The molecule has 1 heterocycles. The maximum Gasteiger partial charge on any atom is 0.495 e. The molecule has 1 saturated heterocycles. The molecule has 119 valence electrons. The van der Waals surface area contributed by atoms with Crippen LogP contribution >= 0.6 is 0 Å². The number of rotatable bonds is 4. The molecule has 0 aromatic heterocycles. The van der Waals surface area contributed by atoms with Gasteiger partial charge in [-0.3, -0.25) is 0 Å². The normalized spacial score (nSPS) is 19.4. The summed E-state index contributed by atoms with van der Waals surface area (Å²) in [6.07, 6.45) is 0.831. The van der Waals surface area contributed by atoms with Crippen LogP contribution in [0.3, 0.4) is 0 Å². The third-order valence-corrected chi connectivity index (χ3v) is 5.21. The average molecular weight is 325 g/mol. The molecular formula is C18H22BO3Si. The molecule has 5 heteroatoms. The number of benzene rings is 2. The van der Waals surface area contributed by atoms with E-state index in [1.807, 2.05) is 0 Å². The smallest absolute Gasteiger partial charge is 0.418 e. The van der Waals surface area contributed by atoms with Crippen molar-refractivity contribution in [3.63, 3.8) is 0 Å². The van der Waals surface area contributed by atoms with E-state index in [-0.39, 0.29) is 18.3 Å². The van der Waals surface area contributed by atoms with Crippen molar-refractivity contribution >= 4 is 33.8 Å². The summed E-state index contributed by atoms with van der Waals surface area (Å²) in [5.74, 6) is 0. The van der Waals surface area contributed by atoms with Crippen LogP contribution in [0.2, 0.25) is 0 Å². The fourth-order valence-electron chi connectivity index (χ4n) is 2.99. The molecule has 3 radical (unpaired) electrons. The van der Waals surface area contributed by atoms with Gasteiger partial charge in [0.05, 0.1) is 11.2 Å². The molecule has 3 nitrogen and oxygen atoms in total. The van der Waals surface area contributed by atoms with E-state index in [0.29, 0.717) is 6.61 Å². The maximum atomic E-state index is 6.25. The van der Waals surface area contributed by atoms with Gasteiger partial charge in [-0.2, -0.15) is 0 Å². The Labute approximate surface area is 142 Å². The van der Waals surface area contributed by atoms with E-state index in [2.05, 4.69) is 74.6 Å². The first-order valence-electron chi connectivity index (χ1n) is 8.00. The van der Waals surface area contributed by atoms with Crippen LogP contribution in [0, 0.1) is 0 Å². The monoisotopic (exact) mass is 325 g/mol. The van der Waals surface area contributed by atoms with Crippen molar-refractivity contribution in [2.24, 2.45) is 0 Å². The van der Waals surface area contributed by atoms with Gasteiger partial charge in [-0.25, -0.2) is 0 Å². The predicted octanol–water partition coefficient (Wildman–Crippen LogP) is 2.78. The summed E-state index contributed by atoms with van der Waals surface area (Å²) in [7, 11) is 2.73. The van der Waals surface area contributed by atoms with Crippen LogP contribution in [0.1, 0.15) is 33.3 Å². The molecule has 0 N–H and O–H groups in total. The topological polar surface area (TPSA) is 27.7 Å². The number of hydrogen-bond acceptors (Lipinski definition) is 3. The van der Waals surface area contributed by atoms with Crippen molar-refractivity contribution in [1.29, 1.82) is 0 Å². The maximum absolute atomic E-state index is 6.25. The minimum absolute atomic E-state index is 0.340. The van der Waals surface area contributed by atoms with Crippen molar-refractivity contribution in [1.82, 2.24) is 0 Å². The summed E-state index contributed by atoms with van der Waals surface area (Å²) in [4.78, 5) is 0. The zero-order valence-electron chi connectivity index (χ0n) is 14.2. The fraction of sp³-hybridized carbons (Fsp3) is 0.444. The SMILES string of the molecule is CC1(C)OB(c2cccc3cccc(CCO[Si])c23)OC1(C)C. The average Bonchev–Trinajstić information content (AvgIpc) is 2.72. The van der Waals surface area contributed by atoms with Crippen LogP contribution in [0.5, 0.6) is 0 Å². The lowest BCUT2D eigenvalue weighted by Crippen LogP contribution is -2.41. The highest BCUT2D eigenvalue weighted by Crippen LogP contribution is 2.37. The van der Waals surface area contributed by atoms with E-state index >= 15 is 0 Å². The second-order valence-electron chi connectivity index (χ2n) is 7.05. The summed E-state index contributed by atoms with van der Waals surface area (Å²) in [5, 5.41) is 2.40. The van der Waals surface area contributed by atoms with E-state index in [0.717, 1.165) is 11.9 Å². The van der Waals surface area contributed by atoms with Gasteiger partial charge in [-0.05, 0) is 55.9 Å². The lowest BCUT2D eigenvalue weighted by Gasteiger charge is -2.32. The van der Waals surface area contributed by atoms with Crippen molar-refractivity contribution in [2.75, 3.05) is 6.61 Å². The molecule has 0 atom stereocenters. The minimum atomic E-state index is -0.353. The summed E-state index contributed by atoms with van der Waals surface area (Å²) in [6, 6.07) is 12.6. The highest BCUT2D eigenvalue weighted by atomic mass is 28.2. The van der Waals surface area contributed by atoms with Gasteiger partial charge in [0.25, 0.3) is 0 Å². The Bertz CT molecular complexity index is 693. The van der Waals surface area contributed by atoms with Gasteiger partial charge in [0.15, 0.2) is 0 Å². The van der Waals surface area contributed by atoms with Gasteiger partial charge in [-0.1, -0.05) is 36.4 Å². The van der Waals surface area contributed by atoms with Crippen molar-refractivity contribution < 1.29 is 13.7 Å². The Balaban J connectivity index is 2.08. The molecule has 2 aromatic rings. The van der Waals surface area contributed by atoms with Crippen molar-refractivity contribution in [3.05, 3.63) is 42.0 Å². The van der Waals surface area contributed by atoms with Crippen LogP contribution in [0.15, 0.2) is 36.4 Å². The molecule has 0 bridgehead atoms. The van der Waals surface area contributed by atoms with Gasteiger partial charge in [0, 0.05) is 6.61 Å². The minimum Gasteiger partial charge on any atom is -0.418 e. The largest absolute Gasteiger partial charge is 0.495 e. The molecular weight excluding hydrogens is 303 g/mol. The molecule has 1 aliphatic rings. The Morgan fingerprint density at radius 2 is 1.61 bits per heavy atom. The highest BCUT2D eigenvalue weighted by Gasteiger charge is 2.52. The molecule has 0 saturated carbocycles. The standard InChI is InChI=1S/C18H22BO3Si/c1-17(2)18(3,4)22-19(21-17)15-10-6-9-13-7-5-8-14(16(13)15)11-12-20-23/h5-10H,11-12H2,1-4H3. The molecule has 1 fully saturated rings. The first-order chi connectivity index (χ1) is 10.9. The predicted molar refractivity (Wildman–Crippen MR) is 95.1 cm³/mol. The molecule has 0 aliphatic carbocycles. The van der Waals surface area contributed by atoms with Crippen LogP contribution < -0.4 is 5.46 Å². The first kappa shape index (κ1) is 16.7. The molecule has 3 rings (SSSR count). The lowest BCUT2D eigenvalue weighted by atomic mass is 9.75. The summed E-state index contributed by atoms with van der Waals surface area (Å²) in [6.45, 7) is 8.94. The third kappa shape index (κ3) is 2.99. The quantitative estimate of drug-likeness (QED) is 0.809. The van der Waals surface area contributed by atoms with Crippen LogP contribution in [-0.2, 0) is 20.2 Å². The van der Waals surface area contributed by atoms with Gasteiger partial charge in [0.2, 0.25) is 10.5 Å². The second-order valence-corrected chi connectivity index (χ2v) is 7.34. The van der Waals surface area contributed by atoms with E-state index < -0.39 is 0 Å². The molecule has 0 unspecified atom stereocenters. The Hall–Kier alpha value is -1.14. The van der Waals surface area contributed by atoms with Crippen molar-refractivity contribution in [3.8, 4) is 0 Å². The fourth-order valence-corrected chi connectivity index (χ4v) is 3.09. The van der Waals surface area contributed by atoms with Gasteiger partial charge in [-0.15, -0.1) is 0 Å². The lowest BCUT2D eigenvalue weighted by molar-refractivity contribution is 0.00578. The zero-order chi connectivity index (χ0) is 16.7. The summed E-state index contributed by atoms with van der Waals surface area (Å²) < 4.78 is 17.6. The van der Waals surface area contributed by atoms with Crippen molar-refractivity contribution in [2.45, 2.75) is 45.3 Å². The number of hydrogen-bond donors (Lipinski definition) is 0. The Kier molecular flexibility index (Phi) is 4.40. The Morgan fingerprint density at radius 3 is 2.22 bits per heavy atom. The molecule has 1 aliphatic heterocycles. The van der Waals surface area contributed by atoms with Gasteiger partial charge in [0.1, 0.15) is 0 Å². The van der Waals surface area contributed by atoms with E-state index in [1.165, 1.54) is 16.3 Å². The Morgan fingerprint density at radius 1 is 1.00 bits per heavy atom. The third-order valence-electron chi connectivity index (χ3n) is 5.00. The molecule has 23 heavy (non-hydrogen) atoms. The van der Waals surface area contributed by atoms with E-state index in [9.17, 15) is 0 Å². The zero-order valence-corrected chi connectivity index (χ0v) is 15.2. The van der Waals surface area contributed by atoms with Crippen LogP contribution in [0.25, 0.3) is 10.8 Å². The van der Waals surface area contributed by atoms with Gasteiger partial charge < -0.3 is 13.7 Å². The highest BCUT2D eigenvalue weighted by molar-refractivity contribution is 6.65. The second kappa shape index (κ2) is 6.06. The molecule has 2 aromatic carbocycles. The number of fused-ring (bicyclic) bond motifs is 1. The first-order valence-corrected chi connectivity index (χ1v) is 8.41. The van der Waals surface area contributed by atoms with E-state index in [4.69, 9.17) is 13.7 Å². The molecule has 0 spiro atoms. The van der Waals surface area contributed by atoms with Crippen LogP contribution in [0.4, 0.5) is 0 Å². The van der Waals surface area contributed by atoms with E-state index in [1.54, 1.807) is 0 Å². The molecule has 0 amide bonds. The van der Waals surface area contributed by atoms with Crippen LogP contribution in [-0.4, -0.2) is 35.4 Å². The summed E-state index contributed by atoms with van der Waals surface area (Å²) in [5.41, 5.74) is 1.65.